The molecule has 0 aliphatic rings. The number of nitrogens with one attached hydrogen (secondary N) is 2. The Hall–Kier alpha value is -2.65. The summed E-state index contributed by atoms with van der Waals surface area (Å²) in [7, 11) is 0. The van der Waals surface area contributed by atoms with Crippen LogP contribution in [0.4, 0.5) is 16.0 Å². The quantitative estimate of drug-likeness (QED) is 0.287. The molecule has 170 valence electrons. The van der Waals surface area contributed by atoms with Gasteiger partial charge in [-0.25, -0.2) is 4.39 Å². The predicted molar refractivity (Wildman–Crippen MR) is 135 cm³/mol. The summed E-state index contributed by atoms with van der Waals surface area (Å²) < 4.78 is 17.5. The molecule has 0 saturated heterocycles. The van der Waals surface area contributed by atoms with Crippen LogP contribution in [0.5, 0.6) is 0 Å². The molecule has 0 saturated carbocycles. The van der Waals surface area contributed by atoms with Crippen LogP contribution in [-0.4, -0.2) is 24.7 Å². The lowest BCUT2D eigenvalue weighted by Gasteiger charge is -2.08. The maximum Gasteiger partial charge on any atom is 0.177 e. The van der Waals surface area contributed by atoms with Gasteiger partial charge >= 0.3 is 0 Å². The van der Waals surface area contributed by atoms with Gasteiger partial charge in [0.1, 0.15) is 5.82 Å². The van der Waals surface area contributed by atoms with Crippen LogP contribution in [0.2, 0.25) is 15.1 Å². The molecule has 0 bridgehead atoms. The average Bonchev–Trinajstić information content (AvgIpc) is 3.33. The molecule has 2 aromatic heterocycles. The molecule has 33 heavy (non-hydrogen) atoms. The van der Waals surface area contributed by atoms with Crippen LogP contribution >= 0.6 is 47.0 Å². The van der Waals surface area contributed by atoms with Crippen LogP contribution in [0, 0.1) is 12.7 Å². The van der Waals surface area contributed by atoms with Crippen molar-refractivity contribution in [1.82, 2.24) is 19.6 Å². The van der Waals surface area contributed by atoms with Crippen molar-refractivity contribution in [3.8, 4) is 0 Å². The van der Waals surface area contributed by atoms with Crippen LogP contribution in [0.25, 0.3) is 0 Å². The molecule has 0 unspecified atom stereocenters. The first-order valence-corrected chi connectivity index (χ1v) is 11.4. The highest BCUT2D eigenvalue weighted by Gasteiger charge is 2.13. The molecule has 4 aromatic rings. The Morgan fingerprint density at radius 2 is 1.55 bits per heavy atom. The lowest BCUT2D eigenvalue weighted by atomic mass is 10.2. The van der Waals surface area contributed by atoms with E-state index in [1.165, 1.54) is 6.07 Å². The monoisotopic (exact) mass is 522 g/mol. The van der Waals surface area contributed by atoms with Crippen molar-refractivity contribution in [3.63, 3.8) is 0 Å². The van der Waals surface area contributed by atoms with Gasteiger partial charge in [-0.15, -0.1) is 0 Å². The Balaban J connectivity index is 1.39. The van der Waals surface area contributed by atoms with E-state index in [0.29, 0.717) is 43.9 Å². The second kappa shape index (κ2) is 10.1. The van der Waals surface area contributed by atoms with Gasteiger partial charge in [0.25, 0.3) is 0 Å². The molecular formula is C22H18Cl3FN6S. The molecule has 0 aliphatic carbocycles. The maximum atomic E-state index is 14.1. The summed E-state index contributed by atoms with van der Waals surface area (Å²) >= 11 is 24.0. The molecule has 6 nitrogen and oxygen atoms in total. The number of anilines is 2. The summed E-state index contributed by atoms with van der Waals surface area (Å²) in [5.41, 5.74) is 1.98. The van der Waals surface area contributed by atoms with E-state index in [1.807, 2.05) is 6.92 Å². The molecule has 0 atom stereocenters. The van der Waals surface area contributed by atoms with Crippen molar-refractivity contribution in [2.75, 3.05) is 10.6 Å². The van der Waals surface area contributed by atoms with Gasteiger partial charge in [-0.1, -0.05) is 46.9 Å². The third kappa shape index (κ3) is 5.65. The number of hydrogen-bond acceptors (Lipinski definition) is 3. The fourth-order valence-corrected chi connectivity index (χ4v) is 4.14. The Bertz CT molecular complexity index is 1280. The number of aryl methyl sites for hydroxylation is 1. The number of thiocarbonyl (C=S) groups is 1. The predicted octanol–water partition coefficient (Wildman–Crippen LogP) is 6.39. The zero-order valence-electron chi connectivity index (χ0n) is 17.3. The molecule has 2 aromatic carbocycles. The molecular weight excluding hydrogens is 506 g/mol. The molecule has 0 amide bonds. The normalized spacial score (nSPS) is 10.9. The van der Waals surface area contributed by atoms with Crippen molar-refractivity contribution in [2.45, 2.75) is 20.0 Å². The van der Waals surface area contributed by atoms with Crippen molar-refractivity contribution in [2.24, 2.45) is 0 Å². The lowest BCUT2D eigenvalue weighted by Crippen LogP contribution is -2.20. The molecule has 11 heteroatoms. The van der Waals surface area contributed by atoms with Crippen molar-refractivity contribution in [3.05, 3.63) is 92.4 Å². The highest BCUT2D eigenvalue weighted by molar-refractivity contribution is 7.80. The van der Waals surface area contributed by atoms with Crippen LogP contribution < -0.4 is 10.6 Å². The second-order valence-corrected chi connectivity index (χ2v) is 8.84. The molecule has 0 radical (unpaired) electrons. The highest BCUT2D eigenvalue weighted by atomic mass is 35.5. The van der Waals surface area contributed by atoms with Gasteiger partial charge in [0.15, 0.2) is 16.7 Å². The summed E-state index contributed by atoms with van der Waals surface area (Å²) in [4.78, 5) is 0. The van der Waals surface area contributed by atoms with E-state index in [0.717, 1.165) is 11.3 Å². The molecule has 4 rings (SSSR count). The Morgan fingerprint density at radius 1 is 0.909 bits per heavy atom. The van der Waals surface area contributed by atoms with Crippen molar-refractivity contribution >= 4 is 63.8 Å². The fourth-order valence-electron chi connectivity index (χ4n) is 3.19. The van der Waals surface area contributed by atoms with Crippen molar-refractivity contribution in [1.29, 1.82) is 0 Å². The van der Waals surface area contributed by atoms with Gasteiger partial charge < -0.3 is 10.6 Å². The first-order valence-electron chi connectivity index (χ1n) is 9.82. The lowest BCUT2D eigenvalue weighted by molar-refractivity contribution is 0.581. The maximum absolute atomic E-state index is 14.1. The van der Waals surface area contributed by atoms with Crippen molar-refractivity contribution < 1.29 is 4.39 Å². The zero-order chi connectivity index (χ0) is 23.5. The minimum absolute atomic E-state index is 0.203. The molecule has 2 heterocycles. The van der Waals surface area contributed by atoms with E-state index in [1.54, 1.807) is 58.0 Å². The number of nitrogens with zero attached hydrogens (tertiary/aromatic N) is 4. The van der Waals surface area contributed by atoms with Crippen LogP contribution in [0.15, 0.2) is 54.7 Å². The van der Waals surface area contributed by atoms with Gasteiger partial charge in [-0.3, -0.25) is 9.36 Å². The van der Waals surface area contributed by atoms with E-state index in [4.69, 9.17) is 47.0 Å². The number of benzene rings is 2. The zero-order valence-corrected chi connectivity index (χ0v) is 20.4. The molecule has 0 aliphatic heterocycles. The van der Waals surface area contributed by atoms with E-state index >= 15 is 0 Å². The number of halogens is 4. The Morgan fingerprint density at radius 3 is 2.24 bits per heavy atom. The second-order valence-electron chi connectivity index (χ2n) is 7.21. The largest absolute Gasteiger partial charge is 0.316 e. The van der Waals surface area contributed by atoms with E-state index in [-0.39, 0.29) is 12.4 Å². The number of aromatic nitrogens is 4. The highest BCUT2D eigenvalue weighted by Crippen LogP contribution is 2.25. The summed E-state index contributed by atoms with van der Waals surface area (Å²) in [6.45, 7) is 2.49. The third-order valence-corrected chi connectivity index (χ3v) is 6.12. The number of rotatable bonds is 6. The fraction of sp³-hybridized carbons (Fsp3) is 0.136. The van der Waals surface area contributed by atoms with Gasteiger partial charge in [0.05, 0.1) is 13.1 Å². The Labute approximate surface area is 210 Å². The van der Waals surface area contributed by atoms with Crippen LogP contribution in [-0.2, 0) is 13.1 Å². The third-order valence-electron chi connectivity index (χ3n) is 4.86. The molecule has 2 N–H and O–H groups in total. The van der Waals surface area contributed by atoms with E-state index in [2.05, 4.69) is 20.8 Å². The molecule has 0 spiro atoms. The average molecular weight is 524 g/mol. The van der Waals surface area contributed by atoms with Gasteiger partial charge in [0.2, 0.25) is 0 Å². The Kier molecular flexibility index (Phi) is 7.19. The summed E-state index contributed by atoms with van der Waals surface area (Å²) in [6.07, 6.45) is 1.79. The molecule has 0 fully saturated rings. The topological polar surface area (TPSA) is 59.7 Å². The van der Waals surface area contributed by atoms with E-state index < -0.39 is 0 Å². The van der Waals surface area contributed by atoms with Crippen LogP contribution in [0.1, 0.15) is 16.8 Å². The summed E-state index contributed by atoms with van der Waals surface area (Å²) in [5.74, 6) is 0.683. The minimum atomic E-state index is -0.377. The van der Waals surface area contributed by atoms with Gasteiger partial charge in [0, 0.05) is 50.2 Å². The first-order chi connectivity index (χ1) is 15.8. The smallest absolute Gasteiger partial charge is 0.177 e. The van der Waals surface area contributed by atoms with Crippen LogP contribution in [0.3, 0.4) is 0 Å². The summed E-state index contributed by atoms with van der Waals surface area (Å²) in [6, 6.07) is 13.5. The van der Waals surface area contributed by atoms with Gasteiger partial charge in [-0.2, -0.15) is 10.2 Å². The SMILES string of the molecule is Cc1cc(NC(=S)Nc2ccn(Cc3c(Cl)cccc3Cl)n2)nn1Cc1c(F)cccc1Cl. The van der Waals surface area contributed by atoms with E-state index in [9.17, 15) is 4.39 Å². The summed E-state index contributed by atoms with van der Waals surface area (Å²) in [5, 5.41) is 16.7. The minimum Gasteiger partial charge on any atom is -0.316 e. The first kappa shape index (κ1) is 23.5. The standard InChI is InChI=1S/C22H18Cl3FN6S/c1-13-10-21(30-32(13)12-15-18(25)6-3-7-19(15)26)28-22(33)27-20-8-9-31(29-20)11-14-16(23)4-2-5-17(14)24/h2-10H,11-12H2,1H3,(H2,27,28,29,30,33). The number of hydrogen-bond donors (Lipinski definition) is 2. The van der Waals surface area contributed by atoms with Gasteiger partial charge in [-0.05, 0) is 43.4 Å².